The van der Waals surface area contributed by atoms with Crippen LogP contribution in [0.4, 0.5) is 0 Å². The number of likely N-dealkylation sites (tertiary alicyclic amines) is 1. The Morgan fingerprint density at radius 2 is 1.59 bits per heavy atom. The largest absolute Gasteiger partial charge is 0.350 e. The van der Waals surface area contributed by atoms with Crippen LogP contribution in [0.15, 0.2) is 53.4 Å². The van der Waals surface area contributed by atoms with Crippen LogP contribution in [0.25, 0.3) is 0 Å². The Kier molecular flexibility index (Phi) is 7.51. The number of sulfonamides is 1. The van der Waals surface area contributed by atoms with Crippen LogP contribution in [0.3, 0.4) is 0 Å². The average molecular weight is 476 g/mol. The van der Waals surface area contributed by atoms with Crippen LogP contribution in [0.1, 0.15) is 54.1 Å². The van der Waals surface area contributed by atoms with Gasteiger partial charge in [0.25, 0.3) is 5.91 Å². The van der Waals surface area contributed by atoms with Crippen LogP contribution in [0, 0.1) is 0 Å². The van der Waals surface area contributed by atoms with Gasteiger partial charge in [0.15, 0.2) is 0 Å². The maximum Gasteiger partial charge on any atom is 0.251 e. The lowest BCUT2D eigenvalue weighted by molar-refractivity contribution is 0.0937. The summed E-state index contributed by atoms with van der Waals surface area (Å²) in [6.45, 7) is 3.45. The number of carbonyl (C=O) groups excluding carboxylic acids is 1. The summed E-state index contributed by atoms with van der Waals surface area (Å²) >= 11 is 6.25. The molecule has 0 aromatic heterocycles. The second-order valence-electron chi connectivity index (χ2n) is 8.49. The highest BCUT2D eigenvalue weighted by Gasteiger charge is 2.29. The number of halogens is 1. The fourth-order valence-electron chi connectivity index (χ4n) is 4.56. The van der Waals surface area contributed by atoms with E-state index in [1.807, 2.05) is 18.2 Å². The van der Waals surface area contributed by atoms with E-state index in [9.17, 15) is 13.2 Å². The average Bonchev–Trinajstić information content (AvgIpc) is 3.35. The molecule has 2 heterocycles. The molecule has 1 atom stereocenters. The first-order valence-corrected chi connectivity index (χ1v) is 13.2. The third-order valence-corrected chi connectivity index (χ3v) is 8.73. The van der Waals surface area contributed by atoms with Crippen molar-refractivity contribution < 1.29 is 13.2 Å². The van der Waals surface area contributed by atoms with Crippen molar-refractivity contribution >= 4 is 27.5 Å². The maximum absolute atomic E-state index is 13.1. The van der Waals surface area contributed by atoms with Gasteiger partial charge in [0.05, 0.1) is 11.1 Å². The van der Waals surface area contributed by atoms with Gasteiger partial charge in [-0.25, -0.2) is 8.42 Å². The first kappa shape index (κ1) is 23.2. The molecule has 32 heavy (non-hydrogen) atoms. The van der Waals surface area contributed by atoms with Crippen molar-refractivity contribution in [1.82, 2.24) is 14.5 Å². The van der Waals surface area contributed by atoms with Crippen molar-refractivity contribution in [3.63, 3.8) is 0 Å². The second kappa shape index (κ2) is 10.3. The monoisotopic (exact) mass is 475 g/mol. The molecule has 1 unspecified atom stereocenters. The molecule has 0 bridgehead atoms. The predicted molar refractivity (Wildman–Crippen MR) is 126 cm³/mol. The number of benzene rings is 2. The highest BCUT2D eigenvalue weighted by atomic mass is 35.5. The number of nitrogens with one attached hydrogen (secondary N) is 1. The molecular formula is C24H30ClN3O3S. The zero-order valence-corrected chi connectivity index (χ0v) is 19.7. The minimum Gasteiger partial charge on any atom is -0.350 e. The van der Waals surface area contributed by atoms with E-state index in [0.717, 1.165) is 45.2 Å². The van der Waals surface area contributed by atoms with E-state index in [-0.39, 0.29) is 21.9 Å². The van der Waals surface area contributed by atoms with Gasteiger partial charge >= 0.3 is 0 Å². The second-order valence-corrected chi connectivity index (χ2v) is 10.8. The van der Waals surface area contributed by atoms with Crippen LogP contribution in [0.5, 0.6) is 0 Å². The van der Waals surface area contributed by atoms with Crippen molar-refractivity contribution in [2.24, 2.45) is 0 Å². The van der Waals surface area contributed by atoms with Gasteiger partial charge in [-0.15, -0.1) is 0 Å². The molecule has 172 valence electrons. The van der Waals surface area contributed by atoms with Crippen LogP contribution < -0.4 is 5.32 Å². The van der Waals surface area contributed by atoms with Gasteiger partial charge in [-0.2, -0.15) is 4.31 Å². The molecular weight excluding hydrogens is 446 g/mol. The smallest absolute Gasteiger partial charge is 0.251 e. The van der Waals surface area contributed by atoms with Gasteiger partial charge in [0.1, 0.15) is 4.90 Å². The van der Waals surface area contributed by atoms with E-state index in [0.29, 0.717) is 25.2 Å². The fraction of sp³-hybridized carbons (Fsp3) is 0.458. The Bertz CT molecular complexity index is 1030. The SMILES string of the molecule is O=C(NCC(c1ccccc1)N1CCCC1)c1ccc(Cl)c(S(=O)(=O)N2CCCCC2)c1. The molecule has 2 saturated heterocycles. The number of rotatable bonds is 7. The Morgan fingerprint density at radius 3 is 2.28 bits per heavy atom. The van der Waals surface area contributed by atoms with E-state index in [1.54, 1.807) is 6.07 Å². The van der Waals surface area contributed by atoms with Crippen LogP contribution in [-0.2, 0) is 10.0 Å². The van der Waals surface area contributed by atoms with Gasteiger partial charge in [-0.05, 0) is 62.5 Å². The van der Waals surface area contributed by atoms with Gasteiger partial charge in [-0.1, -0.05) is 48.4 Å². The van der Waals surface area contributed by atoms with Gasteiger partial charge in [0, 0.05) is 25.2 Å². The Morgan fingerprint density at radius 1 is 0.938 bits per heavy atom. The predicted octanol–water partition coefficient (Wildman–Crippen LogP) is 4.08. The number of piperidine rings is 1. The third-order valence-electron chi connectivity index (χ3n) is 6.35. The maximum atomic E-state index is 13.1. The van der Waals surface area contributed by atoms with Gasteiger partial charge in [0.2, 0.25) is 10.0 Å². The normalized spacial score (nSPS) is 19.0. The standard InChI is InChI=1S/C24H30ClN3O3S/c25-21-12-11-20(17-23(21)32(30,31)28-15-5-2-6-16-28)24(29)26-18-22(27-13-7-8-14-27)19-9-3-1-4-10-19/h1,3-4,9-12,17,22H,2,5-8,13-16,18H2,(H,26,29). The topological polar surface area (TPSA) is 69.7 Å². The van der Waals surface area contributed by atoms with Crippen molar-refractivity contribution in [3.8, 4) is 0 Å². The Labute approximate surface area is 195 Å². The lowest BCUT2D eigenvalue weighted by Crippen LogP contribution is -2.37. The summed E-state index contributed by atoms with van der Waals surface area (Å²) in [4.78, 5) is 15.4. The Balaban J connectivity index is 1.51. The van der Waals surface area contributed by atoms with Crippen LogP contribution >= 0.6 is 11.6 Å². The molecule has 0 aliphatic carbocycles. The summed E-state index contributed by atoms with van der Waals surface area (Å²) in [6, 6.07) is 14.8. The molecule has 4 rings (SSSR count). The number of amides is 1. The van der Waals surface area contributed by atoms with E-state index < -0.39 is 10.0 Å². The minimum atomic E-state index is -3.72. The Hall–Kier alpha value is -1.93. The molecule has 8 heteroatoms. The molecule has 6 nitrogen and oxygen atoms in total. The lowest BCUT2D eigenvalue weighted by Gasteiger charge is -2.28. The summed E-state index contributed by atoms with van der Waals surface area (Å²) in [6.07, 6.45) is 5.03. The molecule has 1 amide bonds. The summed E-state index contributed by atoms with van der Waals surface area (Å²) in [5, 5.41) is 3.16. The summed E-state index contributed by atoms with van der Waals surface area (Å²) in [5.74, 6) is -0.295. The number of carbonyl (C=O) groups is 1. The molecule has 0 saturated carbocycles. The summed E-state index contributed by atoms with van der Waals surface area (Å²) in [5.41, 5.74) is 1.47. The summed E-state index contributed by atoms with van der Waals surface area (Å²) < 4.78 is 27.7. The van der Waals surface area contributed by atoms with Gasteiger partial charge < -0.3 is 5.32 Å². The molecule has 0 radical (unpaired) electrons. The molecule has 2 aromatic rings. The number of hydrogen-bond acceptors (Lipinski definition) is 4. The minimum absolute atomic E-state index is 0.00729. The van der Waals surface area contributed by atoms with Crippen molar-refractivity contribution in [1.29, 1.82) is 0 Å². The van der Waals surface area contributed by atoms with E-state index in [2.05, 4.69) is 22.3 Å². The van der Waals surface area contributed by atoms with Crippen LogP contribution in [-0.4, -0.2) is 56.3 Å². The quantitative estimate of drug-likeness (QED) is 0.655. The molecule has 1 N–H and O–H groups in total. The van der Waals surface area contributed by atoms with Crippen LogP contribution in [0.2, 0.25) is 5.02 Å². The van der Waals surface area contributed by atoms with Crippen molar-refractivity contribution in [3.05, 3.63) is 64.7 Å². The van der Waals surface area contributed by atoms with E-state index in [1.165, 1.54) is 22.0 Å². The fourth-order valence-corrected chi connectivity index (χ4v) is 6.58. The van der Waals surface area contributed by atoms with Gasteiger partial charge in [-0.3, -0.25) is 9.69 Å². The molecule has 2 aromatic carbocycles. The molecule has 2 fully saturated rings. The van der Waals surface area contributed by atoms with Crippen molar-refractivity contribution in [2.75, 3.05) is 32.7 Å². The zero-order chi connectivity index (χ0) is 22.6. The van der Waals surface area contributed by atoms with E-state index >= 15 is 0 Å². The number of hydrogen-bond donors (Lipinski definition) is 1. The highest BCUT2D eigenvalue weighted by molar-refractivity contribution is 7.89. The van der Waals surface area contributed by atoms with E-state index in [4.69, 9.17) is 11.6 Å². The molecule has 0 spiro atoms. The number of nitrogens with zero attached hydrogens (tertiary/aromatic N) is 2. The first-order valence-electron chi connectivity index (χ1n) is 11.3. The third kappa shape index (κ3) is 5.17. The van der Waals surface area contributed by atoms with Crippen molar-refractivity contribution in [2.45, 2.75) is 43.0 Å². The summed E-state index contributed by atoms with van der Waals surface area (Å²) in [7, 11) is -3.72. The zero-order valence-electron chi connectivity index (χ0n) is 18.2. The molecule has 2 aliphatic rings. The first-order chi connectivity index (χ1) is 15.5. The molecule has 2 aliphatic heterocycles. The lowest BCUT2D eigenvalue weighted by atomic mass is 10.1. The highest BCUT2D eigenvalue weighted by Crippen LogP contribution is 2.28.